The van der Waals surface area contributed by atoms with Crippen LogP contribution in [-0.2, 0) is 0 Å². The molecule has 82 valence electrons. The Morgan fingerprint density at radius 1 is 1.14 bits per heavy atom. The minimum Gasteiger partial charge on any atom is -0.395 e. The maximum Gasteiger partial charge on any atom is 0.0586 e. The molecular weight excluding hydrogens is 176 g/mol. The molecule has 0 bridgehead atoms. The predicted molar refractivity (Wildman–Crippen MR) is 57.3 cm³/mol. The second-order valence-electron chi connectivity index (χ2n) is 4.75. The molecule has 0 aromatic rings. The first kappa shape index (κ1) is 10.4. The van der Waals surface area contributed by atoms with Gasteiger partial charge in [-0.05, 0) is 45.8 Å². The summed E-state index contributed by atoms with van der Waals surface area (Å²) in [6.45, 7) is 3.95. The molecule has 2 aliphatic heterocycles. The summed E-state index contributed by atoms with van der Waals surface area (Å²) < 4.78 is 0. The van der Waals surface area contributed by atoms with Crippen molar-refractivity contribution in [1.29, 1.82) is 0 Å². The van der Waals surface area contributed by atoms with E-state index in [-0.39, 0.29) is 0 Å². The van der Waals surface area contributed by atoms with Crippen molar-refractivity contribution in [2.45, 2.75) is 37.8 Å². The average molecular weight is 198 g/mol. The lowest BCUT2D eigenvalue weighted by molar-refractivity contribution is 0.130. The Hall–Kier alpha value is -0.120. The van der Waals surface area contributed by atoms with Gasteiger partial charge in [0.1, 0.15) is 0 Å². The molecule has 2 heterocycles. The van der Waals surface area contributed by atoms with Gasteiger partial charge in [0.15, 0.2) is 0 Å². The van der Waals surface area contributed by atoms with E-state index in [4.69, 9.17) is 0 Å². The van der Waals surface area contributed by atoms with E-state index in [1.807, 2.05) is 0 Å². The summed E-state index contributed by atoms with van der Waals surface area (Å²) >= 11 is 0. The number of hydrogen-bond acceptors (Lipinski definition) is 3. The zero-order chi connectivity index (χ0) is 9.97. The molecule has 0 amide bonds. The summed E-state index contributed by atoms with van der Waals surface area (Å²) in [7, 11) is 2.22. The summed E-state index contributed by atoms with van der Waals surface area (Å²) in [5, 5.41) is 9.22. The molecule has 2 aliphatic rings. The number of likely N-dealkylation sites (N-methyl/N-ethyl adjacent to an activating group) is 1. The summed E-state index contributed by atoms with van der Waals surface area (Å²) in [4.78, 5) is 4.94. The highest BCUT2D eigenvalue weighted by Crippen LogP contribution is 2.21. The van der Waals surface area contributed by atoms with E-state index in [1.165, 1.54) is 45.3 Å². The van der Waals surface area contributed by atoms with Crippen LogP contribution in [0.15, 0.2) is 0 Å². The van der Waals surface area contributed by atoms with Crippen LogP contribution in [0.5, 0.6) is 0 Å². The standard InChI is InChI=1S/C11H22N2O/c1-12-6-2-4-10(12)8-13-7-3-5-11(13)9-14/h10-11,14H,2-9H2,1H3/t10-,11+/m1/s1. The first-order chi connectivity index (χ1) is 6.81. The van der Waals surface area contributed by atoms with Crippen molar-refractivity contribution in [1.82, 2.24) is 9.80 Å². The van der Waals surface area contributed by atoms with Gasteiger partial charge in [0.25, 0.3) is 0 Å². The second-order valence-corrected chi connectivity index (χ2v) is 4.75. The maximum absolute atomic E-state index is 9.22. The van der Waals surface area contributed by atoms with Crippen LogP contribution in [0.3, 0.4) is 0 Å². The van der Waals surface area contributed by atoms with Crippen LogP contribution in [0.1, 0.15) is 25.7 Å². The maximum atomic E-state index is 9.22. The molecule has 3 nitrogen and oxygen atoms in total. The molecule has 2 saturated heterocycles. The molecule has 2 atom stereocenters. The largest absolute Gasteiger partial charge is 0.395 e. The fourth-order valence-electron chi connectivity index (χ4n) is 2.82. The molecule has 0 aromatic heterocycles. The zero-order valence-corrected chi connectivity index (χ0v) is 9.15. The number of likely N-dealkylation sites (tertiary alicyclic amines) is 2. The van der Waals surface area contributed by atoms with Gasteiger partial charge in [0.2, 0.25) is 0 Å². The fourth-order valence-corrected chi connectivity index (χ4v) is 2.82. The van der Waals surface area contributed by atoms with Crippen LogP contribution in [-0.4, -0.2) is 60.3 Å². The van der Waals surface area contributed by atoms with Crippen molar-refractivity contribution >= 4 is 0 Å². The lowest BCUT2D eigenvalue weighted by atomic mass is 10.2. The van der Waals surface area contributed by atoms with E-state index < -0.39 is 0 Å². The van der Waals surface area contributed by atoms with Gasteiger partial charge in [0.05, 0.1) is 6.61 Å². The lowest BCUT2D eigenvalue weighted by Crippen LogP contribution is -2.42. The van der Waals surface area contributed by atoms with Crippen LogP contribution < -0.4 is 0 Å². The van der Waals surface area contributed by atoms with E-state index in [9.17, 15) is 5.11 Å². The van der Waals surface area contributed by atoms with Crippen molar-refractivity contribution in [2.24, 2.45) is 0 Å². The van der Waals surface area contributed by atoms with Gasteiger partial charge < -0.3 is 10.0 Å². The topological polar surface area (TPSA) is 26.7 Å². The van der Waals surface area contributed by atoms with Crippen LogP contribution in [0.4, 0.5) is 0 Å². The Balaban J connectivity index is 1.83. The van der Waals surface area contributed by atoms with Crippen molar-refractivity contribution in [3.63, 3.8) is 0 Å². The number of hydrogen-bond donors (Lipinski definition) is 1. The molecule has 0 aliphatic carbocycles. The van der Waals surface area contributed by atoms with Crippen LogP contribution in [0.25, 0.3) is 0 Å². The summed E-state index contributed by atoms with van der Waals surface area (Å²) in [5.41, 5.74) is 0. The number of nitrogens with zero attached hydrogens (tertiary/aromatic N) is 2. The molecule has 0 aromatic carbocycles. The van der Waals surface area contributed by atoms with Crippen molar-refractivity contribution in [3.8, 4) is 0 Å². The summed E-state index contributed by atoms with van der Waals surface area (Å²) in [6, 6.07) is 1.19. The average Bonchev–Trinajstić information content (AvgIpc) is 2.77. The van der Waals surface area contributed by atoms with E-state index in [0.717, 1.165) is 6.04 Å². The normalized spacial score (nSPS) is 35.6. The quantitative estimate of drug-likeness (QED) is 0.717. The Labute approximate surface area is 86.7 Å². The molecule has 1 N–H and O–H groups in total. The third-order valence-electron chi connectivity index (χ3n) is 3.83. The smallest absolute Gasteiger partial charge is 0.0586 e. The highest BCUT2D eigenvalue weighted by Gasteiger charge is 2.29. The third kappa shape index (κ3) is 2.10. The van der Waals surface area contributed by atoms with Crippen LogP contribution in [0, 0.1) is 0 Å². The Kier molecular flexibility index (Phi) is 3.42. The molecule has 3 heteroatoms. The van der Waals surface area contributed by atoms with E-state index >= 15 is 0 Å². The van der Waals surface area contributed by atoms with Gasteiger partial charge >= 0.3 is 0 Å². The minimum atomic E-state index is 0.344. The van der Waals surface area contributed by atoms with Crippen molar-refractivity contribution in [3.05, 3.63) is 0 Å². The number of aliphatic hydroxyl groups excluding tert-OH is 1. The first-order valence-electron chi connectivity index (χ1n) is 5.86. The Morgan fingerprint density at radius 3 is 2.50 bits per heavy atom. The molecule has 14 heavy (non-hydrogen) atoms. The van der Waals surface area contributed by atoms with E-state index in [2.05, 4.69) is 16.8 Å². The predicted octanol–water partition coefficient (Wildman–Crippen LogP) is 0.537. The zero-order valence-electron chi connectivity index (χ0n) is 9.15. The van der Waals surface area contributed by atoms with Crippen LogP contribution in [0.2, 0.25) is 0 Å². The molecule has 0 unspecified atom stereocenters. The number of rotatable bonds is 3. The SMILES string of the molecule is CN1CCC[C@@H]1CN1CCC[C@H]1CO. The highest BCUT2D eigenvalue weighted by molar-refractivity contribution is 4.85. The molecular formula is C11H22N2O. The Morgan fingerprint density at radius 2 is 1.86 bits per heavy atom. The monoisotopic (exact) mass is 198 g/mol. The van der Waals surface area contributed by atoms with E-state index in [0.29, 0.717) is 12.6 Å². The lowest BCUT2D eigenvalue weighted by Gasteiger charge is -2.29. The second kappa shape index (κ2) is 4.60. The van der Waals surface area contributed by atoms with E-state index in [1.54, 1.807) is 0 Å². The minimum absolute atomic E-state index is 0.344. The highest BCUT2D eigenvalue weighted by atomic mass is 16.3. The van der Waals surface area contributed by atoms with Gasteiger partial charge in [0, 0.05) is 18.6 Å². The van der Waals surface area contributed by atoms with Gasteiger partial charge in [-0.1, -0.05) is 0 Å². The summed E-state index contributed by atoms with van der Waals surface area (Å²) in [6.07, 6.45) is 5.14. The Bertz CT molecular complexity index is 186. The van der Waals surface area contributed by atoms with Gasteiger partial charge in [-0.15, -0.1) is 0 Å². The first-order valence-corrected chi connectivity index (χ1v) is 5.86. The molecule has 0 spiro atoms. The van der Waals surface area contributed by atoms with Gasteiger partial charge in [-0.2, -0.15) is 0 Å². The van der Waals surface area contributed by atoms with Gasteiger partial charge in [-0.3, -0.25) is 4.90 Å². The number of aliphatic hydroxyl groups is 1. The van der Waals surface area contributed by atoms with Gasteiger partial charge in [-0.25, -0.2) is 0 Å². The van der Waals surface area contributed by atoms with Crippen molar-refractivity contribution < 1.29 is 5.11 Å². The van der Waals surface area contributed by atoms with Crippen LogP contribution >= 0.6 is 0 Å². The summed E-state index contributed by atoms with van der Waals surface area (Å²) in [5.74, 6) is 0. The molecule has 2 fully saturated rings. The molecule has 0 saturated carbocycles. The molecule has 0 radical (unpaired) electrons. The molecule has 2 rings (SSSR count). The van der Waals surface area contributed by atoms with Crippen molar-refractivity contribution in [2.75, 3.05) is 33.3 Å². The fraction of sp³-hybridized carbons (Fsp3) is 1.00. The third-order valence-corrected chi connectivity index (χ3v) is 3.83.